The van der Waals surface area contributed by atoms with Gasteiger partial charge in [-0.1, -0.05) is 40.2 Å². The summed E-state index contributed by atoms with van der Waals surface area (Å²) in [6.45, 7) is 0. The van der Waals surface area contributed by atoms with Gasteiger partial charge < -0.3 is 9.84 Å². The molecule has 2 aromatic carbocycles. The van der Waals surface area contributed by atoms with Crippen LogP contribution in [0.1, 0.15) is 17.2 Å². The quantitative estimate of drug-likeness (QED) is 0.937. The maximum atomic E-state index is 13.6. The van der Waals surface area contributed by atoms with Crippen LogP contribution in [0.2, 0.25) is 0 Å². The van der Waals surface area contributed by atoms with Gasteiger partial charge in [0.1, 0.15) is 17.7 Å². The minimum Gasteiger partial charge on any atom is -0.496 e. The van der Waals surface area contributed by atoms with E-state index < -0.39 is 11.9 Å². The van der Waals surface area contributed by atoms with Crippen molar-refractivity contribution in [3.8, 4) is 5.75 Å². The molecule has 0 aliphatic rings. The molecule has 0 saturated carbocycles. The van der Waals surface area contributed by atoms with E-state index >= 15 is 0 Å². The lowest BCUT2D eigenvalue weighted by Crippen LogP contribution is -2.04. The molecule has 0 heterocycles. The van der Waals surface area contributed by atoms with Crippen LogP contribution in [0.15, 0.2) is 46.9 Å². The summed E-state index contributed by atoms with van der Waals surface area (Å²) in [6.07, 6.45) is -1.05. The predicted octanol–water partition coefficient (Wildman–Crippen LogP) is 3.68. The second kappa shape index (κ2) is 5.50. The Morgan fingerprint density at radius 2 is 1.89 bits per heavy atom. The van der Waals surface area contributed by atoms with E-state index in [-0.39, 0.29) is 5.56 Å². The first-order chi connectivity index (χ1) is 8.63. The fourth-order valence-electron chi connectivity index (χ4n) is 1.78. The highest BCUT2D eigenvalue weighted by Crippen LogP contribution is 2.33. The molecule has 2 nitrogen and oxygen atoms in total. The molecular formula is C14H12BrFO2. The van der Waals surface area contributed by atoms with E-state index in [1.165, 1.54) is 13.2 Å². The highest BCUT2D eigenvalue weighted by Gasteiger charge is 2.18. The largest absolute Gasteiger partial charge is 0.496 e. The summed E-state index contributed by atoms with van der Waals surface area (Å²) < 4.78 is 19.7. The van der Waals surface area contributed by atoms with Crippen LogP contribution in [0.25, 0.3) is 0 Å². The lowest BCUT2D eigenvalue weighted by Gasteiger charge is -2.16. The van der Waals surface area contributed by atoms with Crippen molar-refractivity contribution >= 4 is 15.9 Å². The zero-order valence-corrected chi connectivity index (χ0v) is 11.3. The van der Waals surface area contributed by atoms with Gasteiger partial charge in [0, 0.05) is 15.6 Å². The number of aliphatic hydroxyl groups is 1. The van der Waals surface area contributed by atoms with Crippen molar-refractivity contribution in [2.45, 2.75) is 6.10 Å². The van der Waals surface area contributed by atoms with Gasteiger partial charge in [-0.25, -0.2) is 4.39 Å². The molecule has 0 aliphatic heterocycles. The van der Waals surface area contributed by atoms with Crippen LogP contribution < -0.4 is 4.74 Å². The molecule has 2 aromatic rings. The van der Waals surface area contributed by atoms with Gasteiger partial charge in [-0.15, -0.1) is 0 Å². The predicted molar refractivity (Wildman–Crippen MR) is 71.2 cm³/mol. The Labute approximate surface area is 113 Å². The molecule has 0 amide bonds. The summed E-state index contributed by atoms with van der Waals surface area (Å²) in [7, 11) is 1.51. The van der Waals surface area contributed by atoms with Gasteiger partial charge in [0.25, 0.3) is 0 Å². The number of aliphatic hydroxyl groups excluding tert-OH is 1. The summed E-state index contributed by atoms with van der Waals surface area (Å²) in [4.78, 5) is 0. The molecule has 0 aromatic heterocycles. The van der Waals surface area contributed by atoms with Crippen molar-refractivity contribution in [3.05, 3.63) is 63.9 Å². The highest BCUT2D eigenvalue weighted by atomic mass is 79.9. The van der Waals surface area contributed by atoms with Crippen molar-refractivity contribution in [2.24, 2.45) is 0 Å². The van der Waals surface area contributed by atoms with E-state index in [0.717, 1.165) is 4.47 Å². The first-order valence-corrected chi connectivity index (χ1v) is 6.18. The third-order valence-corrected chi connectivity index (χ3v) is 3.18. The van der Waals surface area contributed by atoms with Gasteiger partial charge in [-0.2, -0.15) is 0 Å². The molecule has 18 heavy (non-hydrogen) atoms. The van der Waals surface area contributed by atoms with Gasteiger partial charge >= 0.3 is 0 Å². The van der Waals surface area contributed by atoms with Crippen LogP contribution in [0.3, 0.4) is 0 Å². The number of halogens is 2. The molecule has 0 bridgehead atoms. The Morgan fingerprint density at radius 1 is 1.17 bits per heavy atom. The Balaban J connectivity index is 2.46. The van der Waals surface area contributed by atoms with Crippen LogP contribution >= 0.6 is 15.9 Å². The van der Waals surface area contributed by atoms with Gasteiger partial charge in [-0.05, 0) is 18.2 Å². The first-order valence-electron chi connectivity index (χ1n) is 5.39. The first kappa shape index (κ1) is 13.1. The second-order valence-corrected chi connectivity index (χ2v) is 4.73. The molecule has 2 rings (SSSR count). The van der Waals surface area contributed by atoms with Gasteiger partial charge in [0.15, 0.2) is 0 Å². The Hall–Kier alpha value is -1.39. The van der Waals surface area contributed by atoms with Crippen LogP contribution in [0.5, 0.6) is 5.75 Å². The number of rotatable bonds is 3. The molecule has 4 heteroatoms. The van der Waals surface area contributed by atoms with E-state index in [4.69, 9.17) is 4.74 Å². The molecule has 0 aliphatic carbocycles. The Bertz CT molecular complexity index is 557. The van der Waals surface area contributed by atoms with E-state index in [1.807, 2.05) is 0 Å². The zero-order valence-electron chi connectivity index (χ0n) is 9.73. The molecule has 0 saturated heterocycles. The van der Waals surface area contributed by atoms with Crippen molar-refractivity contribution in [1.29, 1.82) is 0 Å². The molecular weight excluding hydrogens is 299 g/mol. The van der Waals surface area contributed by atoms with Crippen LogP contribution in [-0.4, -0.2) is 12.2 Å². The van der Waals surface area contributed by atoms with Crippen LogP contribution in [0, 0.1) is 5.82 Å². The smallest absolute Gasteiger partial charge is 0.129 e. The molecule has 94 valence electrons. The van der Waals surface area contributed by atoms with E-state index in [0.29, 0.717) is 11.3 Å². The SMILES string of the molecule is COc1cc(Br)ccc1C(O)c1ccccc1F. The van der Waals surface area contributed by atoms with E-state index in [2.05, 4.69) is 15.9 Å². The minimum absolute atomic E-state index is 0.234. The maximum absolute atomic E-state index is 13.6. The topological polar surface area (TPSA) is 29.5 Å². The molecule has 0 fully saturated rings. The van der Waals surface area contributed by atoms with Crippen LogP contribution in [0.4, 0.5) is 4.39 Å². The molecule has 0 radical (unpaired) electrons. The third-order valence-electron chi connectivity index (χ3n) is 2.69. The van der Waals surface area contributed by atoms with E-state index in [9.17, 15) is 9.50 Å². The maximum Gasteiger partial charge on any atom is 0.129 e. The number of hydrogen-bond donors (Lipinski definition) is 1. The Kier molecular flexibility index (Phi) is 3.99. The molecule has 1 unspecified atom stereocenters. The van der Waals surface area contributed by atoms with Crippen LogP contribution in [-0.2, 0) is 0 Å². The second-order valence-electron chi connectivity index (χ2n) is 3.81. The normalized spacial score (nSPS) is 12.2. The number of ether oxygens (including phenoxy) is 1. The Morgan fingerprint density at radius 3 is 2.56 bits per heavy atom. The van der Waals surface area contributed by atoms with Gasteiger partial charge in [0.2, 0.25) is 0 Å². The molecule has 0 spiro atoms. The summed E-state index contributed by atoms with van der Waals surface area (Å²) >= 11 is 3.32. The van der Waals surface area contributed by atoms with Crippen molar-refractivity contribution in [1.82, 2.24) is 0 Å². The highest BCUT2D eigenvalue weighted by molar-refractivity contribution is 9.10. The summed E-state index contributed by atoms with van der Waals surface area (Å²) in [5.74, 6) is 0.0788. The van der Waals surface area contributed by atoms with E-state index in [1.54, 1.807) is 36.4 Å². The van der Waals surface area contributed by atoms with Crippen molar-refractivity contribution < 1.29 is 14.2 Å². The summed E-state index contributed by atoms with van der Waals surface area (Å²) in [6, 6.07) is 11.4. The monoisotopic (exact) mass is 310 g/mol. The number of benzene rings is 2. The zero-order chi connectivity index (χ0) is 13.1. The van der Waals surface area contributed by atoms with Crippen molar-refractivity contribution in [2.75, 3.05) is 7.11 Å². The lowest BCUT2D eigenvalue weighted by molar-refractivity contribution is 0.209. The van der Waals surface area contributed by atoms with Crippen molar-refractivity contribution in [3.63, 3.8) is 0 Å². The average molecular weight is 311 g/mol. The molecule has 1 N–H and O–H groups in total. The number of methoxy groups -OCH3 is 1. The third kappa shape index (κ3) is 2.54. The summed E-state index contributed by atoms with van der Waals surface area (Å²) in [5, 5.41) is 10.2. The van der Waals surface area contributed by atoms with Gasteiger partial charge in [-0.3, -0.25) is 0 Å². The fraction of sp³-hybridized carbons (Fsp3) is 0.143. The average Bonchev–Trinajstić information content (AvgIpc) is 2.38. The molecule has 1 atom stereocenters. The fourth-order valence-corrected chi connectivity index (χ4v) is 2.12. The number of hydrogen-bond acceptors (Lipinski definition) is 2. The summed E-state index contributed by atoms with van der Waals surface area (Å²) in [5.41, 5.74) is 0.768. The minimum atomic E-state index is -1.05. The standard InChI is InChI=1S/C14H12BrFO2/c1-18-13-8-9(15)6-7-11(13)14(17)10-4-2-3-5-12(10)16/h2-8,14,17H,1H3. The van der Waals surface area contributed by atoms with Gasteiger partial charge in [0.05, 0.1) is 7.11 Å². The lowest BCUT2D eigenvalue weighted by atomic mass is 10.0.